The third kappa shape index (κ3) is 4.85. The second kappa shape index (κ2) is 11.3. The Balaban J connectivity index is 1.26. The molecule has 3 bridgehead atoms. The van der Waals surface area contributed by atoms with Gasteiger partial charge in [-0.05, 0) is 88.8 Å². The number of carbonyl (C=O) groups excluding carboxylic acids is 2. The van der Waals surface area contributed by atoms with Crippen molar-refractivity contribution in [1.82, 2.24) is 0 Å². The number of ketones is 1. The molecule has 2 heterocycles. The molecule has 10 heteroatoms. The first-order chi connectivity index (χ1) is 22.3. The van der Waals surface area contributed by atoms with Crippen LogP contribution in [0.5, 0.6) is 11.5 Å². The molecule has 2 aliphatic heterocycles. The third-order valence-electron chi connectivity index (χ3n) is 10.8. The first-order valence-electron chi connectivity index (χ1n) is 15.9. The Morgan fingerprint density at radius 2 is 1.89 bits per heavy atom. The van der Waals surface area contributed by atoms with Crippen LogP contribution in [0, 0.1) is 21.3 Å². The number of Topliss-reactive ketones (excluding diaryl/α,β-unsaturated/α-hetero) is 1. The zero-order valence-electron chi connectivity index (χ0n) is 26.9. The fourth-order valence-electron chi connectivity index (χ4n) is 8.76. The van der Waals surface area contributed by atoms with Crippen molar-refractivity contribution in [2.75, 3.05) is 13.7 Å². The molecular formula is C37H39IO9. The van der Waals surface area contributed by atoms with Crippen LogP contribution >= 0.6 is 22.6 Å². The molecule has 0 radical (unpaired) electrons. The summed E-state index contributed by atoms with van der Waals surface area (Å²) in [6, 6.07) is 13.1. The molecule has 2 saturated heterocycles. The smallest absolute Gasteiger partial charge is 0.310 e. The molecule has 0 spiro atoms. The predicted molar refractivity (Wildman–Crippen MR) is 179 cm³/mol. The van der Waals surface area contributed by atoms with Gasteiger partial charge in [-0.2, -0.15) is 0 Å². The van der Waals surface area contributed by atoms with Crippen molar-refractivity contribution in [3.05, 3.63) is 92.6 Å². The van der Waals surface area contributed by atoms with Gasteiger partial charge >= 0.3 is 5.97 Å². The number of rotatable bonds is 8. The molecule has 1 saturated carbocycles. The molecule has 2 N–H and O–H groups in total. The lowest BCUT2D eigenvalue weighted by Gasteiger charge is -2.59. The van der Waals surface area contributed by atoms with Crippen LogP contribution in [0.1, 0.15) is 44.7 Å². The van der Waals surface area contributed by atoms with Crippen molar-refractivity contribution in [2.45, 2.75) is 75.3 Å². The highest BCUT2D eigenvalue weighted by Gasteiger charge is 2.79. The van der Waals surface area contributed by atoms with E-state index in [0.29, 0.717) is 33.1 Å². The largest absolute Gasteiger partial charge is 0.504 e. The minimum atomic E-state index is -1.81. The van der Waals surface area contributed by atoms with Crippen LogP contribution in [0.15, 0.2) is 77.9 Å². The summed E-state index contributed by atoms with van der Waals surface area (Å²) >= 11 is 1.98. The molecule has 0 aromatic heterocycles. The maximum atomic E-state index is 13.8. The van der Waals surface area contributed by atoms with Crippen molar-refractivity contribution in [2.24, 2.45) is 17.8 Å². The van der Waals surface area contributed by atoms with E-state index in [-0.39, 0.29) is 42.6 Å². The first kappa shape index (κ1) is 32.5. The van der Waals surface area contributed by atoms with E-state index in [1.807, 2.05) is 72.0 Å². The van der Waals surface area contributed by atoms with Crippen LogP contribution in [0.4, 0.5) is 0 Å². The summed E-state index contributed by atoms with van der Waals surface area (Å²) in [7, 11) is 1.45. The van der Waals surface area contributed by atoms with Gasteiger partial charge in [-0.3, -0.25) is 9.59 Å². The van der Waals surface area contributed by atoms with Gasteiger partial charge in [0.2, 0.25) is 0 Å². The zero-order valence-corrected chi connectivity index (χ0v) is 29.0. The molecule has 2 aromatic rings. The lowest BCUT2D eigenvalue weighted by atomic mass is 9.55. The number of phenols is 1. The number of benzene rings is 2. The first-order valence-corrected chi connectivity index (χ1v) is 17.0. The molecule has 0 amide bonds. The Hall–Kier alpha value is -3.03. The fraction of sp³-hybridized carbons (Fsp3) is 0.459. The highest BCUT2D eigenvalue weighted by Crippen LogP contribution is 2.68. The number of carbonyl (C=O) groups is 2. The summed E-state index contributed by atoms with van der Waals surface area (Å²) in [5.41, 5.74) is -0.244. The summed E-state index contributed by atoms with van der Waals surface area (Å²) in [5.74, 6) is -3.34. The number of esters is 1. The monoisotopic (exact) mass is 754 g/mol. The van der Waals surface area contributed by atoms with E-state index >= 15 is 0 Å². The molecule has 248 valence electrons. The van der Waals surface area contributed by atoms with Gasteiger partial charge in [-0.15, -0.1) is 0 Å². The van der Waals surface area contributed by atoms with Gasteiger partial charge in [0.15, 0.2) is 17.3 Å². The number of halogens is 1. The number of methoxy groups -OCH3 is 1. The molecule has 3 fully saturated rings. The van der Waals surface area contributed by atoms with Crippen LogP contribution < -0.4 is 4.74 Å². The summed E-state index contributed by atoms with van der Waals surface area (Å²) in [6.45, 7) is 9.99. The van der Waals surface area contributed by atoms with Crippen LogP contribution in [-0.2, 0) is 41.4 Å². The molecule has 9 nitrogen and oxygen atoms in total. The minimum absolute atomic E-state index is 0.00680. The molecule has 8 unspecified atom stereocenters. The summed E-state index contributed by atoms with van der Waals surface area (Å²) < 4.78 is 32.5. The number of phenolic OH excluding ortho intramolecular Hbond substituents is 1. The number of ether oxygens (including phenoxy) is 5. The summed E-state index contributed by atoms with van der Waals surface area (Å²) in [6.07, 6.45) is 4.13. The molecule has 3 aliphatic carbocycles. The van der Waals surface area contributed by atoms with E-state index in [1.54, 1.807) is 19.1 Å². The van der Waals surface area contributed by atoms with E-state index in [1.165, 1.54) is 7.11 Å². The molecule has 47 heavy (non-hydrogen) atoms. The Bertz CT molecular complexity index is 1730. The van der Waals surface area contributed by atoms with Gasteiger partial charge < -0.3 is 33.9 Å². The van der Waals surface area contributed by atoms with Crippen molar-refractivity contribution >= 4 is 34.3 Å². The quantitative estimate of drug-likeness (QED) is 0.209. The van der Waals surface area contributed by atoms with E-state index in [9.17, 15) is 19.8 Å². The maximum Gasteiger partial charge on any atom is 0.310 e. The maximum absolute atomic E-state index is 13.8. The van der Waals surface area contributed by atoms with E-state index in [2.05, 4.69) is 13.5 Å². The highest BCUT2D eigenvalue weighted by molar-refractivity contribution is 14.1. The average molecular weight is 755 g/mol. The standard InChI is InChI=1S/C37H39IO9/c1-20(2)35-16-22(4)37-26(33(35)45-36(46-35,47-37)18-23-9-7-6-8-10-23)12-25(17-34(42)29(37)11-21(3)32(34)41)19-44-30(39)15-24-13-27(38)31(40)28(14-24)43-5/h6-14,22,26,29,33,40,42H,1,15-19H2,2-5H3. The van der Waals surface area contributed by atoms with Gasteiger partial charge in [0.1, 0.15) is 23.9 Å². The normalized spacial score (nSPS) is 36.6. The zero-order chi connectivity index (χ0) is 33.5. The van der Waals surface area contributed by atoms with Gasteiger partial charge in [0.05, 0.1) is 29.1 Å². The second-order valence-electron chi connectivity index (χ2n) is 13.8. The minimum Gasteiger partial charge on any atom is -0.504 e. The number of aliphatic hydroxyl groups is 1. The number of hydrogen-bond acceptors (Lipinski definition) is 9. The molecule has 2 aromatic carbocycles. The number of hydrogen-bond donors (Lipinski definition) is 2. The van der Waals surface area contributed by atoms with Crippen LogP contribution in [0.25, 0.3) is 0 Å². The Kier molecular flexibility index (Phi) is 7.79. The van der Waals surface area contributed by atoms with E-state index in [4.69, 9.17) is 23.7 Å². The highest BCUT2D eigenvalue weighted by atomic mass is 127. The topological polar surface area (TPSA) is 121 Å². The SMILES string of the molecule is C=C(C)C12CC(C)C34OC(Cc5ccccc5)(OC1C3C=C(COC(=O)Cc1cc(I)c(O)c(OC)c1)CC1(O)C(=O)C(C)=CC14)O2. The Labute approximate surface area is 287 Å². The van der Waals surface area contributed by atoms with Crippen molar-refractivity contribution in [3.63, 3.8) is 0 Å². The van der Waals surface area contributed by atoms with Crippen molar-refractivity contribution in [1.29, 1.82) is 0 Å². The van der Waals surface area contributed by atoms with Gasteiger partial charge in [-0.1, -0.05) is 56.0 Å². The molecule has 5 aliphatic rings. The van der Waals surface area contributed by atoms with Gasteiger partial charge in [0, 0.05) is 18.3 Å². The van der Waals surface area contributed by atoms with E-state index in [0.717, 1.165) is 11.1 Å². The summed E-state index contributed by atoms with van der Waals surface area (Å²) in [4.78, 5) is 26.9. The van der Waals surface area contributed by atoms with Crippen LogP contribution in [0.2, 0.25) is 0 Å². The van der Waals surface area contributed by atoms with Gasteiger partial charge in [-0.25, -0.2) is 0 Å². The molecule has 7 rings (SSSR count). The Morgan fingerprint density at radius 3 is 2.60 bits per heavy atom. The average Bonchev–Trinajstić information content (AvgIpc) is 3.33. The molecular weight excluding hydrogens is 715 g/mol. The van der Waals surface area contributed by atoms with Crippen molar-refractivity contribution in [3.8, 4) is 11.5 Å². The van der Waals surface area contributed by atoms with E-state index < -0.39 is 46.7 Å². The lowest BCUT2D eigenvalue weighted by Crippen LogP contribution is -2.70. The van der Waals surface area contributed by atoms with Crippen molar-refractivity contribution < 1.29 is 43.5 Å². The Morgan fingerprint density at radius 1 is 1.15 bits per heavy atom. The van der Waals surface area contributed by atoms with Crippen LogP contribution in [-0.4, -0.2) is 64.6 Å². The fourth-order valence-corrected chi connectivity index (χ4v) is 9.43. The summed E-state index contributed by atoms with van der Waals surface area (Å²) in [5, 5.41) is 22.6. The second-order valence-corrected chi connectivity index (χ2v) is 15.0. The van der Waals surface area contributed by atoms with Crippen LogP contribution in [0.3, 0.4) is 0 Å². The number of fused-ring (bicyclic) bond motifs is 2. The van der Waals surface area contributed by atoms with Gasteiger partial charge in [0.25, 0.3) is 5.97 Å². The predicted octanol–water partition coefficient (Wildman–Crippen LogP) is 5.35. The lowest BCUT2D eigenvalue weighted by molar-refractivity contribution is -0.421. The molecule has 8 atom stereocenters. The third-order valence-corrected chi connectivity index (χ3v) is 11.6. The number of aromatic hydroxyl groups is 1.